The monoisotopic (exact) mass is 298 g/mol. The van der Waals surface area contributed by atoms with Crippen molar-refractivity contribution in [2.24, 2.45) is 10.9 Å². The van der Waals surface area contributed by atoms with Crippen LogP contribution in [0.1, 0.15) is 36.8 Å². The van der Waals surface area contributed by atoms with Gasteiger partial charge in [0.05, 0.1) is 11.7 Å². The highest BCUT2D eigenvalue weighted by atomic mass is 32.1. The Labute approximate surface area is 128 Å². The van der Waals surface area contributed by atoms with Gasteiger partial charge < -0.3 is 5.32 Å². The summed E-state index contributed by atoms with van der Waals surface area (Å²) in [7, 11) is 0. The van der Waals surface area contributed by atoms with Gasteiger partial charge in [0.15, 0.2) is 0 Å². The molecule has 0 bridgehead atoms. The van der Waals surface area contributed by atoms with Crippen LogP contribution in [0.3, 0.4) is 0 Å². The van der Waals surface area contributed by atoms with Crippen molar-refractivity contribution < 1.29 is 4.79 Å². The molecule has 0 saturated carbocycles. The summed E-state index contributed by atoms with van der Waals surface area (Å²) in [5, 5.41) is 5.17. The topological polar surface area (TPSA) is 41.5 Å². The van der Waals surface area contributed by atoms with Crippen LogP contribution in [0.25, 0.3) is 0 Å². The molecule has 1 amide bonds. The Morgan fingerprint density at radius 2 is 2.05 bits per heavy atom. The zero-order valence-corrected chi connectivity index (χ0v) is 13.0. The molecule has 1 aliphatic rings. The van der Waals surface area contributed by atoms with Gasteiger partial charge in [0.2, 0.25) is 0 Å². The Balaban J connectivity index is 2.06. The van der Waals surface area contributed by atoms with E-state index in [1.165, 1.54) is 0 Å². The predicted molar refractivity (Wildman–Crippen MR) is 87.3 cm³/mol. The molecule has 4 heteroatoms. The zero-order chi connectivity index (χ0) is 14.8. The highest BCUT2D eigenvalue weighted by molar-refractivity contribution is 7.10. The molecule has 0 fully saturated rings. The quantitative estimate of drug-likeness (QED) is 0.911. The SMILES string of the molecule is CC(C)CC1=Nc2ccccc2C(c2cccs2)NC1=O. The van der Waals surface area contributed by atoms with Crippen LogP contribution in [0.4, 0.5) is 5.69 Å². The van der Waals surface area contributed by atoms with Crippen molar-refractivity contribution in [3.05, 3.63) is 52.2 Å². The van der Waals surface area contributed by atoms with E-state index in [-0.39, 0.29) is 11.9 Å². The minimum Gasteiger partial charge on any atom is -0.339 e. The lowest BCUT2D eigenvalue weighted by Crippen LogP contribution is -2.33. The van der Waals surface area contributed by atoms with Gasteiger partial charge in [0, 0.05) is 10.4 Å². The van der Waals surface area contributed by atoms with Crippen LogP contribution in [-0.4, -0.2) is 11.6 Å². The van der Waals surface area contributed by atoms with Gasteiger partial charge >= 0.3 is 0 Å². The van der Waals surface area contributed by atoms with E-state index in [2.05, 4.69) is 30.2 Å². The van der Waals surface area contributed by atoms with Crippen molar-refractivity contribution in [2.75, 3.05) is 0 Å². The molecular weight excluding hydrogens is 280 g/mol. The van der Waals surface area contributed by atoms with Crippen molar-refractivity contribution in [3.8, 4) is 0 Å². The van der Waals surface area contributed by atoms with Crippen LogP contribution >= 0.6 is 11.3 Å². The summed E-state index contributed by atoms with van der Waals surface area (Å²) in [5.74, 6) is 0.346. The van der Waals surface area contributed by atoms with Crippen molar-refractivity contribution in [2.45, 2.75) is 26.3 Å². The fraction of sp³-hybridized carbons (Fsp3) is 0.294. The summed E-state index contributed by atoms with van der Waals surface area (Å²) in [5.41, 5.74) is 2.58. The third kappa shape index (κ3) is 2.90. The molecule has 108 valence electrons. The number of amides is 1. The standard InChI is InChI=1S/C17H18N2OS/c1-11(2)10-14-17(20)19-16(15-8-5-9-21-15)12-6-3-4-7-13(12)18-14/h3-9,11,16H,10H2,1-2H3,(H,19,20). The second-order valence-electron chi connectivity index (χ2n) is 5.64. The number of hydrogen-bond acceptors (Lipinski definition) is 3. The number of nitrogens with one attached hydrogen (secondary N) is 1. The maximum atomic E-state index is 12.5. The molecule has 0 aliphatic carbocycles. The number of nitrogens with zero attached hydrogens (tertiary/aromatic N) is 1. The van der Waals surface area contributed by atoms with Gasteiger partial charge in [-0.05, 0) is 29.9 Å². The highest BCUT2D eigenvalue weighted by Gasteiger charge is 2.26. The van der Waals surface area contributed by atoms with E-state index in [4.69, 9.17) is 0 Å². The highest BCUT2D eigenvalue weighted by Crippen LogP contribution is 2.34. The number of thiophene rings is 1. The number of aliphatic imine (C=N–C) groups is 1. The number of para-hydroxylation sites is 1. The van der Waals surface area contributed by atoms with Gasteiger partial charge in [-0.15, -0.1) is 11.3 Å². The molecule has 0 saturated heterocycles. The molecule has 0 radical (unpaired) electrons. The lowest BCUT2D eigenvalue weighted by Gasteiger charge is -2.17. The first-order valence-corrected chi connectivity index (χ1v) is 8.04. The molecule has 1 N–H and O–H groups in total. The molecule has 1 aliphatic heterocycles. The Hall–Kier alpha value is -1.94. The Morgan fingerprint density at radius 1 is 1.24 bits per heavy atom. The minimum atomic E-state index is -0.109. The first kappa shape index (κ1) is 14.0. The van der Waals surface area contributed by atoms with Gasteiger partial charge in [-0.3, -0.25) is 4.79 Å². The first-order valence-electron chi connectivity index (χ1n) is 7.16. The molecule has 0 spiro atoms. The molecule has 1 atom stereocenters. The van der Waals surface area contributed by atoms with E-state index < -0.39 is 0 Å². The third-order valence-corrected chi connectivity index (χ3v) is 4.41. The van der Waals surface area contributed by atoms with E-state index in [0.717, 1.165) is 16.1 Å². The average molecular weight is 298 g/mol. The van der Waals surface area contributed by atoms with E-state index in [1.54, 1.807) is 11.3 Å². The van der Waals surface area contributed by atoms with Gasteiger partial charge in [-0.2, -0.15) is 0 Å². The Morgan fingerprint density at radius 3 is 2.76 bits per heavy atom. The van der Waals surface area contributed by atoms with E-state index >= 15 is 0 Å². The molecule has 3 nitrogen and oxygen atoms in total. The van der Waals surface area contributed by atoms with Crippen molar-refractivity contribution >= 4 is 28.6 Å². The van der Waals surface area contributed by atoms with Gasteiger partial charge in [0.1, 0.15) is 5.71 Å². The van der Waals surface area contributed by atoms with Crippen LogP contribution in [0.15, 0.2) is 46.8 Å². The zero-order valence-electron chi connectivity index (χ0n) is 12.2. The maximum absolute atomic E-state index is 12.5. The summed E-state index contributed by atoms with van der Waals surface area (Å²) in [6.45, 7) is 4.20. The number of carbonyl (C=O) groups is 1. The van der Waals surface area contributed by atoms with Gasteiger partial charge in [-0.1, -0.05) is 38.1 Å². The normalized spacial score (nSPS) is 18.0. The van der Waals surface area contributed by atoms with Crippen LogP contribution in [0, 0.1) is 5.92 Å². The number of carbonyl (C=O) groups excluding carboxylic acids is 1. The summed E-state index contributed by atoms with van der Waals surface area (Å²) in [6.07, 6.45) is 0.692. The molecule has 3 rings (SSSR count). The molecule has 21 heavy (non-hydrogen) atoms. The third-order valence-electron chi connectivity index (χ3n) is 3.47. The average Bonchev–Trinajstić information content (AvgIpc) is 2.94. The molecule has 2 heterocycles. The lowest BCUT2D eigenvalue weighted by molar-refractivity contribution is -0.115. The minimum absolute atomic E-state index is 0.0571. The number of rotatable bonds is 3. The van der Waals surface area contributed by atoms with Crippen molar-refractivity contribution in [1.82, 2.24) is 5.32 Å². The molecule has 1 aromatic carbocycles. The molecular formula is C17H18N2OS. The smallest absolute Gasteiger partial charge is 0.266 e. The Kier molecular flexibility index (Phi) is 3.88. The molecule has 1 unspecified atom stereocenters. The Bertz CT molecular complexity index is 674. The summed E-state index contributed by atoms with van der Waals surface area (Å²) in [6, 6.07) is 11.9. The van der Waals surface area contributed by atoms with Crippen molar-refractivity contribution in [3.63, 3.8) is 0 Å². The fourth-order valence-corrected chi connectivity index (χ4v) is 3.32. The van der Waals surface area contributed by atoms with Crippen LogP contribution in [-0.2, 0) is 4.79 Å². The van der Waals surface area contributed by atoms with Crippen LogP contribution in [0.5, 0.6) is 0 Å². The second kappa shape index (κ2) is 5.82. The summed E-state index contributed by atoms with van der Waals surface area (Å²) < 4.78 is 0. The van der Waals surface area contributed by atoms with Gasteiger partial charge in [-0.25, -0.2) is 4.99 Å². The van der Waals surface area contributed by atoms with Crippen LogP contribution < -0.4 is 5.32 Å². The first-order chi connectivity index (χ1) is 10.1. The van der Waals surface area contributed by atoms with Gasteiger partial charge in [0.25, 0.3) is 5.91 Å². The summed E-state index contributed by atoms with van der Waals surface area (Å²) in [4.78, 5) is 18.3. The van der Waals surface area contributed by atoms with Crippen molar-refractivity contribution in [1.29, 1.82) is 0 Å². The second-order valence-corrected chi connectivity index (χ2v) is 6.62. The van der Waals surface area contributed by atoms with E-state index in [1.807, 2.05) is 35.7 Å². The largest absolute Gasteiger partial charge is 0.339 e. The number of hydrogen-bond donors (Lipinski definition) is 1. The van der Waals surface area contributed by atoms with E-state index in [0.29, 0.717) is 18.1 Å². The molecule has 2 aromatic rings. The number of benzene rings is 1. The molecule has 1 aromatic heterocycles. The maximum Gasteiger partial charge on any atom is 0.266 e. The fourth-order valence-electron chi connectivity index (χ4n) is 2.53. The number of fused-ring (bicyclic) bond motifs is 1. The van der Waals surface area contributed by atoms with Crippen LogP contribution in [0.2, 0.25) is 0 Å². The summed E-state index contributed by atoms with van der Waals surface area (Å²) >= 11 is 1.65. The lowest BCUT2D eigenvalue weighted by atomic mass is 10.0. The predicted octanol–water partition coefficient (Wildman–Crippen LogP) is 4.09. The van der Waals surface area contributed by atoms with E-state index in [9.17, 15) is 4.79 Å².